The van der Waals surface area contributed by atoms with Crippen LogP contribution in [-0.2, 0) is 9.59 Å². The number of benzene rings is 1. The molecule has 1 fully saturated rings. The highest BCUT2D eigenvalue weighted by molar-refractivity contribution is 7.22. The Bertz CT molecular complexity index is 749. The standard InChI is InChI=1S/C16H20N4O2S.ClH/c1-9-7-11(5-6-17-9)15(22)20-16-19-13-4-3-12(18-10(2)21)8-14(13)23-16;/h3-4,8-9,11,17H,5-7H2,1-2H3,(H,18,21)(H,19,20,22);1H/t9-,11-;/m0./s1. The molecular weight excluding hydrogens is 348 g/mol. The van der Waals surface area contributed by atoms with Crippen LogP contribution in [0, 0.1) is 5.92 Å². The number of thiazole rings is 1. The third kappa shape index (κ3) is 4.43. The number of piperidine rings is 1. The number of carbonyl (C=O) groups excluding carboxylic acids is 2. The molecule has 1 aliphatic rings. The minimum Gasteiger partial charge on any atom is -0.326 e. The first-order chi connectivity index (χ1) is 11.0. The van der Waals surface area contributed by atoms with Crippen molar-refractivity contribution in [3.63, 3.8) is 0 Å². The van der Waals surface area contributed by atoms with Crippen molar-refractivity contribution in [3.8, 4) is 0 Å². The van der Waals surface area contributed by atoms with Gasteiger partial charge in [-0.25, -0.2) is 4.98 Å². The van der Waals surface area contributed by atoms with Gasteiger partial charge in [-0.15, -0.1) is 12.4 Å². The summed E-state index contributed by atoms with van der Waals surface area (Å²) >= 11 is 1.42. The number of rotatable bonds is 3. The molecule has 2 heterocycles. The number of nitrogens with zero attached hydrogens (tertiary/aromatic N) is 1. The summed E-state index contributed by atoms with van der Waals surface area (Å²) in [6, 6.07) is 5.90. The number of fused-ring (bicyclic) bond motifs is 1. The molecule has 0 saturated carbocycles. The molecule has 1 saturated heterocycles. The summed E-state index contributed by atoms with van der Waals surface area (Å²) in [5.41, 5.74) is 1.55. The minimum atomic E-state index is -0.109. The van der Waals surface area contributed by atoms with Gasteiger partial charge < -0.3 is 16.0 Å². The molecule has 6 nitrogen and oxygen atoms in total. The van der Waals surface area contributed by atoms with Crippen LogP contribution in [0.25, 0.3) is 10.2 Å². The second-order valence-electron chi connectivity index (χ2n) is 5.95. The number of amides is 2. The van der Waals surface area contributed by atoms with Crippen LogP contribution in [0.4, 0.5) is 10.8 Å². The van der Waals surface area contributed by atoms with Gasteiger partial charge in [0.1, 0.15) is 0 Å². The maximum Gasteiger partial charge on any atom is 0.229 e. The van der Waals surface area contributed by atoms with Gasteiger partial charge >= 0.3 is 0 Å². The maximum atomic E-state index is 12.4. The number of hydrogen-bond acceptors (Lipinski definition) is 5. The number of nitrogens with one attached hydrogen (secondary N) is 3. The van der Waals surface area contributed by atoms with Gasteiger partial charge in [0, 0.05) is 24.6 Å². The molecule has 0 aliphatic carbocycles. The molecular formula is C16H21ClN4O2S. The van der Waals surface area contributed by atoms with E-state index in [1.54, 1.807) is 0 Å². The van der Waals surface area contributed by atoms with Crippen molar-refractivity contribution in [1.29, 1.82) is 0 Å². The zero-order valence-electron chi connectivity index (χ0n) is 13.6. The zero-order chi connectivity index (χ0) is 16.4. The number of hydrogen-bond donors (Lipinski definition) is 3. The Kier molecular flexibility index (Phi) is 6.15. The third-order valence-electron chi connectivity index (χ3n) is 3.93. The summed E-state index contributed by atoms with van der Waals surface area (Å²) in [4.78, 5) is 27.9. The topological polar surface area (TPSA) is 83.1 Å². The van der Waals surface area contributed by atoms with Crippen LogP contribution >= 0.6 is 23.7 Å². The highest BCUT2D eigenvalue weighted by Crippen LogP contribution is 2.29. The van der Waals surface area contributed by atoms with E-state index in [1.807, 2.05) is 18.2 Å². The van der Waals surface area contributed by atoms with E-state index in [0.717, 1.165) is 35.3 Å². The first kappa shape index (κ1) is 18.6. The lowest BCUT2D eigenvalue weighted by molar-refractivity contribution is -0.121. The first-order valence-corrected chi connectivity index (χ1v) is 8.55. The average Bonchev–Trinajstić information content (AvgIpc) is 2.88. The molecule has 2 atom stereocenters. The van der Waals surface area contributed by atoms with Gasteiger partial charge in [0.05, 0.1) is 10.2 Å². The maximum absolute atomic E-state index is 12.4. The molecule has 1 aromatic heterocycles. The molecule has 130 valence electrons. The van der Waals surface area contributed by atoms with Crippen molar-refractivity contribution in [2.24, 2.45) is 5.92 Å². The fraction of sp³-hybridized carbons (Fsp3) is 0.438. The van der Waals surface area contributed by atoms with Crippen molar-refractivity contribution in [2.45, 2.75) is 32.7 Å². The van der Waals surface area contributed by atoms with Crippen molar-refractivity contribution >= 4 is 56.6 Å². The van der Waals surface area contributed by atoms with E-state index in [2.05, 4.69) is 27.9 Å². The number of halogens is 1. The molecule has 3 rings (SSSR count). The summed E-state index contributed by atoms with van der Waals surface area (Å²) in [6.45, 7) is 4.45. The van der Waals surface area contributed by atoms with Crippen molar-refractivity contribution < 1.29 is 9.59 Å². The van der Waals surface area contributed by atoms with Crippen molar-refractivity contribution in [1.82, 2.24) is 10.3 Å². The minimum absolute atomic E-state index is 0. The third-order valence-corrected chi connectivity index (χ3v) is 4.87. The van der Waals surface area contributed by atoms with E-state index >= 15 is 0 Å². The lowest BCUT2D eigenvalue weighted by Crippen LogP contribution is -2.40. The van der Waals surface area contributed by atoms with Crippen LogP contribution in [0.3, 0.4) is 0 Å². The van der Waals surface area contributed by atoms with Gasteiger partial charge in [0.15, 0.2) is 5.13 Å². The Hall–Kier alpha value is -1.70. The molecule has 3 N–H and O–H groups in total. The monoisotopic (exact) mass is 368 g/mol. The Morgan fingerprint density at radius 1 is 1.33 bits per heavy atom. The van der Waals surface area contributed by atoms with E-state index in [4.69, 9.17) is 0 Å². The first-order valence-electron chi connectivity index (χ1n) is 7.73. The van der Waals surface area contributed by atoms with Crippen LogP contribution in [-0.4, -0.2) is 29.4 Å². The molecule has 0 unspecified atom stereocenters. The molecule has 8 heteroatoms. The lowest BCUT2D eigenvalue weighted by atomic mass is 9.93. The lowest BCUT2D eigenvalue weighted by Gasteiger charge is -2.26. The molecule has 1 aliphatic heterocycles. The largest absolute Gasteiger partial charge is 0.326 e. The van der Waals surface area contributed by atoms with Crippen LogP contribution in [0.2, 0.25) is 0 Å². The Labute approximate surface area is 150 Å². The highest BCUT2D eigenvalue weighted by Gasteiger charge is 2.25. The van der Waals surface area contributed by atoms with Gasteiger partial charge in [0.2, 0.25) is 11.8 Å². The van der Waals surface area contributed by atoms with E-state index in [0.29, 0.717) is 11.2 Å². The van der Waals surface area contributed by atoms with E-state index < -0.39 is 0 Å². The molecule has 0 radical (unpaired) electrons. The molecule has 0 spiro atoms. The van der Waals surface area contributed by atoms with Crippen LogP contribution in [0.5, 0.6) is 0 Å². The van der Waals surface area contributed by atoms with E-state index in [-0.39, 0.29) is 30.1 Å². The van der Waals surface area contributed by atoms with Crippen molar-refractivity contribution in [2.75, 3.05) is 17.2 Å². The normalized spacial score (nSPS) is 20.2. The van der Waals surface area contributed by atoms with Gasteiger partial charge in [-0.3, -0.25) is 9.59 Å². The zero-order valence-corrected chi connectivity index (χ0v) is 15.2. The molecule has 1 aromatic carbocycles. The average molecular weight is 369 g/mol. The summed E-state index contributed by atoms with van der Waals surface area (Å²) < 4.78 is 0.935. The summed E-state index contributed by atoms with van der Waals surface area (Å²) in [7, 11) is 0. The fourth-order valence-corrected chi connectivity index (χ4v) is 3.74. The van der Waals surface area contributed by atoms with Crippen molar-refractivity contribution in [3.05, 3.63) is 18.2 Å². The predicted octanol–water partition coefficient (Wildman–Crippen LogP) is 3.00. The summed E-state index contributed by atoms with van der Waals surface area (Å²) in [5.74, 6) is -0.0323. The molecule has 2 aromatic rings. The van der Waals surface area contributed by atoms with Gasteiger partial charge in [-0.05, 0) is 44.5 Å². The predicted molar refractivity (Wildman–Crippen MR) is 100.0 cm³/mol. The molecule has 24 heavy (non-hydrogen) atoms. The second-order valence-corrected chi connectivity index (χ2v) is 6.98. The second kappa shape index (κ2) is 7.92. The Morgan fingerprint density at radius 3 is 2.83 bits per heavy atom. The smallest absolute Gasteiger partial charge is 0.229 e. The van der Waals surface area contributed by atoms with Gasteiger partial charge in [-0.1, -0.05) is 11.3 Å². The SMILES string of the molecule is CC(=O)Nc1ccc2nc(NC(=O)[C@H]3CCN[C@@H](C)C3)sc2c1.Cl. The number of carbonyl (C=O) groups is 2. The number of aromatic nitrogens is 1. The van der Waals surface area contributed by atoms with E-state index in [9.17, 15) is 9.59 Å². The quantitative estimate of drug-likeness (QED) is 0.777. The number of anilines is 2. The summed E-state index contributed by atoms with van der Waals surface area (Å²) in [5, 5.41) is 9.64. The Balaban J connectivity index is 0.00000208. The fourth-order valence-electron chi connectivity index (χ4n) is 2.84. The van der Waals surface area contributed by atoms with E-state index in [1.165, 1.54) is 18.3 Å². The van der Waals surface area contributed by atoms with Crippen LogP contribution in [0.1, 0.15) is 26.7 Å². The van der Waals surface area contributed by atoms with Crippen LogP contribution in [0.15, 0.2) is 18.2 Å². The van der Waals surface area contributed by atoms with Crippen LogP contribution < -0.4 is 16.0 Å². The highest BCUT2D eigenvalue weighted by atomic mass is 35.5. The molecule has 0 bridgehead atoms. The van der Waals surface area contributed by atoms with Gasteiger partial charge in [0.25, 0.3) is 0 Å². The summed E-state index contributed by atoms with van der Waals surface area (Å²) in [6.07, 6.45) is 1.71. The molecule has 2 amide bonds. The Morgan fingerprint density at radius 2 is 2.12 bits per heavy atom. The van der Waals surface area contributed by atoms with Gasteiger partial charge in [-0.2, -0.15) is 0 Å².